The summed E-state index contributed by atoms with van der Waals surface area (Å²) in [6.45, 7) is 10.9. The van der Waals surface area contributed by atoms with Crippen LogP contribution in [0.3, 0.4) is 0 Å². The first-order chi connectivity index (χ1) is 22.5. The molecule has 0 saturated carbocycles. The van der Waals surface area contributed by atoms with E-state index in [0.29, 0.717) is 11.5 Å². The maximum absolute atomic E-state index is 6.40. The minimum atomic E-state index is 0.222. The highest BCUT2D eigenvalue weighted by Crippen LogP contribution is 2.33. The Bertz CT molecular complexity index is 2270. The van der Waals surface area contributed by atoms with Crippen molar-refractivity contribution < 1.29 is 4.42 Å². The molecule has 1 heterocycles. The van der Waals surface area contributed by atoms with Gasteiger partial charge >= 0.3 is 0 Å². The number of hydrogen-bond acceptors (Lipinski definition) is 2. The second kappa shape index (κ2) is 12.5. The number of benzene rings is 5. The molecule has 1 unspecified atom stereocenters. The maximum atomic E-state index is 6.40. The van der Waals surface area contributed by atoms with Gasteiger partial charge in [0.1, 0.15) is 11.0 Å². The smallest absolute Gasteiger partial charge is 0.160 e. The standard InChI is InChI=1S/C43H36N2O/c1-28-14-11-12-19-36(28)38-26-34(23-22-29(38)2)35-24-25-40-39(27-35)42-37(20-13-21-41(42)46-40)31(4)45-43(33-17-9-6-10-18-33)44-30(3)32-15-7-5-8-16-32/h5-23,25-27,35H,4,24H2,1-3H3. The molecule has 0 fully saturated rings. The normalized spacial score (nSPS) is 14.8. The van der Waals surface area contributed by atoms with Crippen LogP contribution in [0, 0.1) is 13.8 Å². The van der Waals surface area contributed by atoms with Crippen molar-refractivity contribution in [2.75, 3.05) is 0 Å². The molecular weight excluding hydrogens is 560 g/mol. The van der Waals surface area contributed by atoms with Gasteiger partial charge in [0.15, 0.2) is 5.84 Å². The van der Waals surface area contributed by atoms with E-state index in [0.717, 1.165) is 50.4 Å². The number of fused-ring (bicyclic) bond motifs is 3. The van der Waals surface area contributed by atoms with Gasteiger partial charge in [-0.1, -0.05) is 128 Å². The molecule has 1 aliphatic rings. The second-order valence-electron chi connectivity index (χ2n) is 12.0. The van der Waals surface area contributed by atoms with Crippen molar-refractivity contribution in [2.24, 2.45) is 9.98 Å². The van der Waals surface area contributed by atoms with Crippen LogP contribution >= 0.6 is 0 Å². The third kappa shape index (κ3) is 5.68. The lowest BCUT2D eigenvalue weighted by Gasteiger charge is -2.17. The summed E-state index contributed by atoms with van der Waals surface area (Å²) < 4.78 is 6.40. The number of furan rings is 1. The first-order valence-corrected chi connectivity index (χ1v) is 15.8. The highest BCUT2D eigenvalue weighted by Gasteiger charge is 2.19. The Balaban J connectivity index is 1.32. The molecule has 6 aromatic rings. The maximum Gasteiger partial charge on any atom is 0.160 e. The summed E-state index contributed by atoms with van der Waals surface area (Å²) in [6.07, 6.45) is 5.47. The molecule has 0 saturated heterocycles. The minimum absolute atomic E-state index is 0.222. The van der Waals surface area contributed by atoms with E-state index in [2.05, 4.69) is 93.2 Å². The first-order valence-electron chi connectivity index (χ1n) is 15.8. The van der Waals surface area contributed by atoms with Crippen molar-refractivity contribution in [3.05, 3.63) is 172 Å². The van der Waals surface area contributed by atoms with Crippen molar-refractivity contribution in [3.63, 3.8) is 0 Å². The van der Waals surface area contributed by atoms with Crippen molar-refractivity contribution in [1.82, 2.24) is 0 Å². The van der Waals surface area contributed by atoms with Gasteiger partial charge in [0, 0.05) is 33.4 Å². The van der Waals surface area contributed by atoms with Gasteiger partial charge in [0.05, 0.1) is 5.70 Å². The summed E-state index contributed by atoms with van der Waals surface area (Å²) in [7, 11) is 0. The zero-order valence-electron chi connectivity index (χ0n) is 26.5. The average molecular weight is 597 g/mol. The Hall–Kier alpha value is -5.54. The number of aryl methyl sites for hydroxylation is 2. The molecule has 224 valence electrons. The van der Waals surface area contributed by atoms with E-state index in [-0.39, 0.29) is 5.92 Å². The third-order valence-corrected chi connectivity index (χ3v) is 8.88. The predicted octanol–water partition coefficient (Wildman–Crippen LogP) is 9.39. The summed E-state index contributed by atoms with van der Waals surface area (Å²) in [4.78, 5) is 10.1. The van der Waals surface area contributed by atoms with Crippen LogP contribution in [0.4, 0.5) is 0 Å². The van der Waals surface area contributed by atoms with E-state index in [1.54, 1.807) is 0 Å². The molecule has 0 radical (unpaired) electrons. The molecule has 1 aromatic heterocycles. The number of rotatable bonds is 6. The lowest BCUT2D eigenvalue weighted by molar-refractivity contribution is 0.570. The zero-order valence-corrected chi connectivity index (χ0v) is 26.5. The predicted molar refractivity (Wildman–Crippen MR) is 194 cm³/mol. The summed E-state index contributed by atoms with van der Waals surface area (Å²) in [5.74, 6) is 0.845. The minimum Gasteiger partial charge on any atom is -0.456 e. The van der Waals surface area contributed by atoms with Crippen molar-refractivity contribution >= 4 is 40.4 Å². The van der Waals surface area contributed by atoms with Crippen LogP contribution in [0.2, 0.25) is 0 Å². The van der Waals surface area contributed by atoms with E-state index in [4.69, 9.17) is 14.4 Å². The van der Waals surface area contributed by atoms with Crippen LogP contribution in [-0.2, 0) is 0 Å². The number of hydrogen-bond donors (Lipinski definition) is 0. The van der Waals surface area contributed by atoms with Crippen LogP contribution in [0.25, 0.3) is 39.9 Å². The lowest BCUT2D eigenvalue weighted by atomic mass is 9.87. The van der Waals surface area contributed by atoms with Gasteiger partial charge in [-0.2, -0.15) is 0 Å². The number of amidine groups is 1. The molecule has 46 heavy (non-hydrogen) atoms. The molecule has 3 nitrogen and oxygen atoms in total. The van der Waals surface area contributed by atoms with Gasteiger partial charge in [0.2, 0.25) is 0 Å². The first kappa shape index (κ1) is 29.2. The Morgan fingerprint density at radius 1 is 0.717 bits per heavy atom. The SMILES string of the molecule is C=C(N=C(N=C(C)c1ccccc1)c1ccccc1)c1cccc2oc3c(c12)=CC(c1ccc(C)c(-c2ccccc2C)c1)CC=3. The van der Waals surface area contributed by atoms with E-state index in [1.165, 1.54) is 27.8 Å². The van der Waals surface area contributed by atoms with Gasteiger partial charge in [-0.05, 0) is 72.7 Å². The fraction of sp³-hybridized carbons (Fsp3) is 0.116. The van der Waals surface area contributed by atoms with Crippen molar-refractivity contribution in [2.45, 2.75) is 33.1 Å². The van der Waals surface area contributed by atoms with Gasteiger partial charge in [0.25, 0.3) is 0 Å². The number of nitrogens with zero attached hydrogens (tertiary/aromatic N) is 2. The Kier molecular flexibility index (Phi) is 7.90. The zero-order chi connectivity index (χ0) is 31.6. The van der Waals surface area contributed by atoms with Crippen molar-refractivity contribution in [3.8, 4) is 11.1 Å². The second-order valence-corrected chi connectivity index (χ2v) is 12.0. The molecule has 7 rings (SSSR count). The molecule has 0 N–H and O–H groups in total. The van der Waals surface area contributed by atoms with E-state index in [1.807, 2.05) is 67.6 Å². The highest BCUT2D eigenvalue weighted by molar-refractivity contribution is 6.13. The largest absolute Gasteiger partial charge is 0.456 e. The summed E-state index contributed by atoms with van der Waals surface area (Å²) in [6, 6.07) is 41.9. The molecule has 3 heteroatoms. The van der Waals surface area contributed by atoms with Crippen LogP contribution in [0.1, 0.15) is 52.6 Å². The van der Waals surface area contributed by atoms with Gasteiger partial charge in [-0.3, -0.25) is 0 Å². The Morgan fingerprint density at radius 3 is 2.17 bits per heavy atom. The monoisotopic (exact) mass is 596 g/mol. The third-order valence-electron chi connectivity index (χ3n) is 8.88. The van der Waals surface area contributed by atoms with E-state index < -0.39 is 0 Å². The Labute approximate surface area is 270 Å². The topological polar surface area (TPSA) is 37.9 Å². The molecule has 0 aliphatic heterocycles. The molecule has 0 bridgehead atoms. The molecule has 0 amide bonds. The van der Waals surface area contributed by atoms with Gasteiger partial charge < -0.3 is 4.42 Å². The fourth-order valence-corrected chi connectivity index (χ4v) is 6.35. The quantitative estimate of drug-likeness (QED) is 0.139. The van der Waals surface area contributed by atoms with Crippen LogP contribution < -0.4 is 10.6 Å². The van der Waals surface area contributed by atoms with Crippen LogP contribution in [-0.4, -0.2) is 11.5 Å². The molecular formula is C43H36N2O. The summed E-state index contributed by atoms with van der Waals surface area (Å²) >= 11 is 0. The van der Waals surface area contributed by atoms with Crippen LogP contribution in [0.5, 0.6) is 0 Å². The summed E-state index contributed by atoms with van der Waals surface area (Å²) in [5, 5.41) is 2.14. The fourth-order valence-electron chi connectivity index (χ4n) is 6.35. The highest BCUT2D eigenvalue weighted by atomic mass is 16.3. The van der Waals surface area contributed by atoms with E-state index in [9.17, 15) is 0 Å². The molecule has 1 atom stereocenters. The molecule has 1 aliphatic carbocycles. The summed E-state index contributed by atoms with van der Waals surface area (Å²) in [5.41, 5.74) is 12.6. The van der Waals surface area contributed by atoms with Gasteiger partial charge in [-0.15, -0.1) is 0 Å². The van der Waals surface area contributed by atoms with Gasteiger partial charge in [-0.25, -0.2) is 9.98 Å². The lowest BCUT2D eigenvalue weighted by Crippen LogP contribution is -2.25. The molecule has 0 spiro atoms. The van der Waals surface area contributed by atoms with Crippen molar-refractivity contribution in [1.29, 1.82) is 0 Å². The van der Waals surface area contributed by atoms with Crippen LogP contribution in [0.15, 0.2) is 142 Å². The average Bonchev–Trinajstić information content (AvgIpc) is 3.47. The van der Waals surface area contributed by atoms with E-state index >= 15 is 0 Å². The number of aliphatic imine (C=N–C) groups is 2. The Morgan fingerprint density at radius 2 is 1.41 bits per heavy atom. The molecule has 5 aromatic carbocycles.